The second-order valence-corrected chi connectivity index (χ2v) is 10.7. The monoisotopic (exact) mass is 593 g/mol. The number of benzene rings is 1. The van der Waals surface area contributed by atoms with Crippen molar-refractivity contribution in [2.75, 3.05) is 18.4 Å². The average molecular weight is 594 g/mol. The summed E-state index contributed by atoms with van der Waals surface area (Å²) in [5.74, 6) is -4.33. The quantitative estimate of drug-likeness (QED) is 0.167. The standard InChI is InChI=1S/C24H25F2N7O7S/c1-11-21(12(2)40-31-11)41(38,39)32-17(23(36)37)9-30-22(35)15-10-33(3)19-14(20(15)34)8-16(25)13(18(19)26)4-5-27-24-28-6-7-29-24/h6-8,10,17,32H,4-5,9H2,1-3H3,(H,30,35)(H,36,37)(H2,27,28,29). The number of carbonyl (C=O) groups excluding carboxylic acids is 1. The Morgan fingerprint density at radius 3 is 2.61 bits per heavy atom. The molecule has 14 nitrogen and oxygen atoms in total. The molecule has 0 aliphatic rings. The highest BCUT2D eigenvalue weighted by molar-refractivity contribution is 7.89. The molecule has 1 amide bonds. The second-order valence-electron chi connectivity index (χ2n) is 9.02. The number of carbonyl (C=O) groups is 2. The zero-order valence-corrected chi connectivity index (χ0v) is 22.7. The number of sulfonamides is 1. The van der Waals surface area contributed by atoms with Crippen molar-refractivity contribution in [2.24, 2.45) is 7.05 Å². The number of aromatic nitrogens is 4. The number of aryl methyl sites for hydroxylation is 3. The van der Waals surface area contributed by atoms with Crippen molar-refractivity contribution in [2.45, 2.75) is 31.2 Å². The predicted molar refractivity (Wildman–Crippen MR) is 140 cm³/mol. The van der Waals surface area contributed by atoms with Crippen LogP contribution in [0.15, 0.2) is 38.9 Å². The van der Waals surface area contributed by atoms with E-state index in [0.717, 1.165) is 16.8 Å². The van der Waals surface area contributed by atoms with Crippen LogP contribution in [0.4, 0.5) is 14.7 Å². The van der Waals surface area contributed by atoms with Crippen LogP contribution in [-0.2, 0) is 28.3 Å². The van der Waals surface area contributed by atoms with E-state index in [0.29, 0.717) is 5.95 Å². The van der Waals surface area contributed by atoms with E-state index in [1.54, 1.807) is 6.20 Å². The van der Waals surface area contributed by atoms with Crippen LogP contribution in [0, 0.1) is 25.5 Å². The number of halogens is 2. The molecule has 1 unspecified atom stereocenters. The van der Waals surface area contributed by atoms with E-state index >= 15 is 4.39 Å². The van der Waals surface area contributed by atoms with Gasteiger partial charge in [0.05, 0.1) is 10.9 Å². The van der Waals surface area contributed by atoms with Crippen molar-refractivity contribution in [3.8, 4) is 0 Å². The summed E-state index contributed by atoms with van der Waals surface area (Å²) in [6, 6.07) is -1.01. The number of carboxylic acids is 1. The Kier molecular flexibility index (Phi) is 8.20. The molecule has 0 spiro atoms. The molecular weight excluding hydrogens is 568 g/mol. The lowest BCUT2D eigenvalue weighted by Crippen LogP contribution is -2.48. The van der Waals surface area contributed by atoms with E-state index in [2.05, 4.69) is 25.8 Å². The number of H-pyrrole nitrogens is 1. The molecule has 0 aliphatic heterocycles. The lowest BCUT2D eigenvalue weighted by Gasteiger charge is -2.16. The molecular formula is C24H25F2N7O7S. The number of amides is 1. The molecule has 0 saturated carbocycles. The van der Waals surface area contributed by atoms with Crippen molar-refractivity contribution in [3.63, 3.8) is 0 Å². The first-order valence-electron chi connectivity index (χ1n) is 12.0. The van der Waals surface area contributed by atoms with Crippen LogP contribution in [0.2, 0.25) is 0 Å². The topological polar surface area (TPSA) is 201 Å². The van der Waals surface area contributed by atoms with Gasteiger partial charge in [0.2, 0.25) is 15.5 Å². The number of carboxylic acid groups (broad SMARTS) is 1. The van der Waals surface area contributed by atoms with E-state index in [-0.39, 0.29) is 40.4 Å². The summed E-state index contributed by atoms with van der Waals surface area (Å²) in [7, 11) is -3.06. The molecule has 0 bridgehead atoms. The fourth-order valence-electron chi connectivity index (χ4n) is 4.26. The van der Waals surface area contributed by atoms with Crippen molar-refractivity contribution in [1.82, 2.24) is 29.7 Å². The smallest absolute Gasteiger partial charge is 0.323 e. The van der Waals surface area contributed by atoms with Crippen LogP contribution in [0.5, 0.6) is 0 Å². The fourth-order valence-corrected chi connectivity index (χ4v) is 5.78. The average Bonchev–Trinajstić information content (AvgIpc) is 3.54. The summed E-state index contributed by atoms with van der Waals surface area (Å²) in [5, 5.41) is 17.7. The highest BCUT2D eigenvalue weighted by Gasteiger charge is 2.31. The Morgan fingerprint density at radius 2 is 2.00 bits per heavy atom. The van der Waals surface area contributed by atoms with Gasteiger partial charge in [0, 0.05) is 44.3 Å². The number of aromatic amines is 1. The van der Waals surface area contributed by atoms with Crippen LogP contribution in [0.3, 0.4) is 0 Å². The minimum atomic E-state index is -4.41. The molecule has 0 radical (unpaired) electrons. The highest BCUT2D eigenvalue weighted by atomic mass is 32.2. The van der Waals surface area contributed by atoms with Gasteiger partial charge < -0.3 is 29.8 Å². The van der Waals surface area contributed by atoms with Crippen molar-refractivity contribution in [3.05, 3.63) is 69.1 Å². The number of rotatable bonds is 11. The van der Waals surface area contributed by atoms with E-state index < -0.39 is 62.5 Å². The first-order chi connectivity index (χ1) is 19.3. The molecule has 3 aromatic heterocycles. The molecule has 17 heteroatoms. The van der Waals surface area contributed by atoms with Crippen molar-refractivity contribution >= 4 is 38.8 Å². The fraction of sp³-hybridized carbons (Fsp3) is 0.292. The Morgan fingerprint density at radius 1 is 1.27 bits per heavy atom. The van der Waals surface area contributed by atoms with E-state index in [1.807, 2.05) is 4.72 Å². The molecule has 4 aromatic rings. The maximum absolute atomic E-state index is 15.3. The first-order valence-corrected chi connectivity index (χ1v) is 13.5. The van der Waals surface area contributed by atoms with Gasteiger partial charge in [-0.3, -0.25) is 14.4 Å². The maximum atomic E-state index is 15.3. The number of hydrogen-bond donors (Lipinski definition) is 5. The lowest BCUT2D eigenvalue weighted by atomic mass is 10.0. The molecule has 3 heterocycles. The maximum Gasteiger partial charge on any atom is 0.323 e. The highest BCUT2D eigenvalue weighted by Crippen LogP contribution is 2.23. The Labute approximate surface area is 230 Å². The number of imidazole rings is 1. The van der Waals surface area contributed by atoms with Crippen LogP contribution in [0.1, 0.15) is 27.4 Å². The van der Waals surface area contributed by atoms with Gasteiger partial charge in [0.15, 0.2) is 17.5 Å². The number of anilines is 1. The SMILES string of the molecule is Cc1noc(C)c1S(=O)(=O)NC(CNC(=O)c1cn(C)c2c(F)c(CCNc3ncc[nH]3)c(F)cc2c1=O)C(=O)O. The number of pyridine rings is 1. The third kappa shape index (κ3) is 5.94. The molecule has 218 valence electrons. The summed E-state index contributed by atoms with van der Waals surface area (Å²) < 4.78 is 63.5. The zero-order chi connectivity index (χ0) is 30.1. The van der Waals surface area contributed by atoms with E-state index in [4.69, 9.17) is 4.52 Å². The third-order valence-electron chi connectivity index (χ3n) is 6.16. The Bertz CT molecular complexity index is 1780. The second kappa shape index (κ2) is 11.5. The summed E-state index contributed by atoms with van der Waals surface area (Å²) >= 11 is 0. The van der Waals surface area contributed by atoms with Gasteiger partial charge in [0.1, 0.15) is 28.0 Å². The summed E-state index contributed by atoms with van der Waals surface area (Å²) in [6.45, 7) is 2.05. The number of nitrogens with zero attached hydrogens (tertiary/aromatic N) is 3. The molecule has 0 fully saturated rings. The van der Waals surface area contributed by atoms with Crippen LogP contribution < -0.4 is 20.8 Å². The molecule has 1 atom stereocenters. The minimum Gasteiger partial charge on any atom is -0.480 e. The van der Waals surface area contributed by atoms with Gasteiger partial charge in [-0.2, -0.15) is 4.72 Å². The van der Waals surface area contributed by atoms with Gasteiger partial charge in [0.25, 0.3) is 5.91 Å². The van der Waals surface area contributed by atoms with Gasteiger partial charge in [-0.1, -0.05) is 5.16 Å². The van der Waals surface area contributed by atoms with Gasteiger partial charge >= 0.3 is 5.97 Å². The molecule has 5 N–H and O–H groups in total. The predicted octanol–water partition coefficient (Wildman–Crippen LogP) is 0.961. The molecule has 1 aromatic carbocycles. The molecule has 4 rings (SSSR count). The van der Waals surface area contributed by atoms with Gasteiger partial charge in [-0.15, -0.1) is 0 Å². The van der Waals surface area contributed by atoms with E-state index in [9.17, 15) is 32.3 Å². The molecule has 41 heavy (non-hydrogen) atoms. The summed E-state index contributed by atoms with van der Waals surface area (Å²) in [6.07, 6.45) is 4.02. The summed E-state index contributed by atoms with van der Waals surface area (Å²) in [5.41, 5.74) is -2.06. The minimum absolute atomic E-state index is 0.000701. The first kappa shape index (κ1) is 29.3. The Hall–Kier alpha value is -4.64. The number of nitrogens with one attached hydrogen (secondary N) is 4. The molecule has 0 aliphatic carbocycles. The number of hydrogen-bond acceptors (Lipinski definition) is 9. The largest absolute Gasteiger partial charge is 0.480 e. The van der Waals surface area contributed by atoms with Crippen molar-refractivity contribution in [1.29, 1.82) is 0 Å². The van der Waals surface area contributed by atoms with Gasteiger partial charge in [-0.25, -0.2) is 22.2 Å². The van der Waals surface area contributed by atoms with Crippen LogP contribution in [0.25, 0.3) is 10.9 Å². The number of fused-ring (bicyclic) bond motifs is 1. The normalized spacial score (nSPS) is 12.4. The van der Waals surface area contributed by atoms with Crippen LogP contribution in [-0.4, -0.2) is 64.2 Å². The Balaban J connectivity index is 1.55. The van der Waals surface area contributed by atoms with E-state index in [1.165, 1.54) is 27.1 Å². The summed E-state index contributed by atoms with van der Waals surface area (Å²) in [4.78, 5) is 44.1. The third-order valence-corrected chi connectivity index (χ3v) is 7.88. The lowest BCUT2D eigenvalue weighted by molar-refractivity contribution is -0.138. The zero-order valence-electron chi connectivity index (χ0n) is 21.9. The molecule has 0 saturated heterocycles. The van der Waals surface area contributed by atoms with Crippen molar-refractivity contribution < 1.29 is 36.4 Å². The number of aliphatic carboxylic acids is 1. The van der Waals surface area contributed by atoms with Gasteiger partial charge in [-0.05, 0) is 26.3 Å². The van der Waals surface area contributed by atoms with Crippen LogP contribution >= 0.6 is 0 Å².